The molecule has 1 nitrogen and oxygen atoms in total. The molecule has 1 rings (SSSR count). The normalized spacial score (nSPS) is 24.4. The van der Waals surface area contributed by atoms with Crippen molar-refractivity contribution in [2.24, 2.45) is 11.8 Å². The van der Waals surface area contributed by atoms with E-state index in [0.717, 1.165) is 17.9 Å². The summed E-state index contributed by atoms with van der Waals surface area (Å²) in [6.45, 7) is 8.12. The first-order valence-electron chi connectivity index (χ1n) is 6.05. The molecule has 0 amide bonds. The zero-order valence-electron chi connectivity index (χ0n) is 9.88. The number of rotatable bonds is 6. The molecular weight excluding hydrogens is 190 g/mol. The van der Waals surface area contributed by atoms with Crippen LogP contribution in [0, 0.1) is 11.8 Å². The first-order valence-corrected chi connectivity index (χ1v) is 7.20. The maximum atomic E-state index is 3.73. The Hall–Kier alpha value is 0.310. The second kappa shape index (κ2) is 6.73. The van der Waals surface area contributed by atoms with Gasteiger partial charge in [-0.15, -0.1) is 0 Å². The number of nitrogens with one attached hydrogen (secondary N) is 1. The summed E-state index contributed by atoms with van der Waals surface area (Å²) in [5.41, 5.74) is 0. The van der Waals surface area contributed by atoms with Gasteiger partial charge in [0.05, 0.1) is 0 Å². The highest BCUT2D eigenvalue weighted by Crippen LogP contribution is 2.28. The lowest BCUT2D eigenvalue weighted by Gasteiger charge is -2.25. The van der Waals surface area contributed by atoms with Gasteiger partial charge >= 0.3 is 0 Å². The summed E-state index contributed by atoms with van der Waals surface area (Å²) >= 11 is 2.13. The van der Waals surface area contributed by atoms with Gasteiger partial charge in [-0.25, -0.2) is 0 Å². The van der Waals surface area contributed by atoms with Gasteiger partial charge in [0.2, 0.25) is 0 Å². The van der Waals surface area contributed by atoms with Crippen LogP contribution in [0.15, 0.2) is 0 Å². The van der Waals surface area contributed by atoms with E-state index in [0.29, 0.717) is 0 Å². The van der Waals surface area contributed by atoms with Crippen molar-refractivity contribution in [3.8, 4) is 0 Å². The molecule has 14 heavy (non-hydrogen) atoms. The predicted molar refractivity (Wildman–Crippen MR) is 67.0 cm³/mol. The quantitative estimate of drug-likeness (QED) is 0.730. The summed E-state index contributed by atoms with van der Waals surface area (Å²) in [6.07, 6.45) is 4.04. The van der Waals surface area contributed by atoms with Crippen LogP contribution in [-0.4, -0.2) is 24.1 Å². The molecule has 1 heterocycles. The summed E-state index contributed by atoms with van der Waals surface area (Å²) < 4.78 is 0. The summed E-state index contributed by atoms with van der Waals surface area (Å²) in [5, 5.41) is 3.73. The first-order chi connectivity index (χ1) is 6.74. The van der Waals surface area contributed by atoms with Crippen LogP contribution in [0.5, 0.6) is 0 Å². The second-order valence-electron chi connectivity index (χ2n) is 4.81. The molecule has 1 N–H and O–H groups in total. The van der Waals surface area contributed by atoms with Gasteiger partial charge in [-0.05, 0) is 49.1 Å². The SMILES string of the molecule is CCCNC(CC(C)C)C1CCSC1. The van der Waals surface area contributed by atoms with Gasteiger partial charge in [0.15, 0.2) is 0 Å². The third-order valence-electron chi connectivity index (χ3n) is 2.92. The molecular formula is C12H25NS. The molecule has 2 heteroatoms. The zero-order chi connectivity index (χ0) is 10.4. The lowest BCUT2D eigenvalue weighted by Crippen LogP contribution is -2.37. The van der Waals surface area contributed by atoms with E-state index in [1.54, 1.807) is 0 Å². The van der Waals surface area contributed by atoms with Gasteiger partial charge in [0.1, 0.15) is 0 Å². The van der Waals surface area contributed by atoms with E-state index in [9.17, 15) is 0 Å². The van der Waals surface area contributed by atoms with E-state index in [2.05, 4.69) is 37.8 Å². The van der Waals surface area contributed by atoms with Crippen molar-refractivity contribution in [3.63, 3.8) is 0 Å². The first kappa shape index (κ1) is 12.4. The van der Waals surface area contributed by atoms with Crippen LogP contribution >= 0.6 is 11.8 Å². The fourth-order valence-corrected chi connectivity index (χ4v) is 3.49. The van der Waals surface area contributed by atoms with E-state index < -0.39 is 0 Å². The molecule has 0 aromatic heterocycles. The lowest BCUT2D eigenvalue weighted by molar-refractivity contribution is 0.327. The third-order valence-corrected chi connectivity index (χ3v) is 4.10. The molecule has 0 saturated carbocycles. The highest BCUT2D eigenvalue weighted by molar-refractivity contribution is 7.99. The zero-order valence-corrected chi connectivity index (χ0v) is 10.7. The monoisotopic (exact) mass is 215 g/mol. The largest absolute Gasteiger partial charge is 0.314 e. The van der Waals surface area contributed by atoms with Gasteiger partial charge in [0.25, 0.3) is 0 Å². The molecule has 1 aliphatic heterocycles. The minimum atomic E-state index is 0.782. The lowest BCUT2D eigenvalue weighted by atomic mass is 9.91. The van der Waals surface area contributed by atoms with Gasteiger partial charge in [-0.1, -0.05) is 20.8 Å². The van der Waals surface area contributed by atoms with Crippen molar-refractivity contribution in [1.29, 1.82) is 0 Å². The highest BCUT2D eigenvalue weighted by atomic mass is 32.2. The van der Waals surface area contributed by atoms with Crippen LogP contribution in [0.2, 0.25) is 0 Å². The topological polar surface area (TPSA) is 12.0 Å². The van der Waals surface area contributed by atoms with Crippen molar-refractivity contribution in [1.82, 2.24) is 5.32 Å². The Bertz CT molecular complexity index is 141. The van der Waals surface area contributed by atoms with Crippen LogP contribution in [0.4, 0.5) is 0 Å². The molecule has 0 radical (unpaired) electrons. The molecule has 1 fully saturated rings. The Kier molecular flexibility index (Phi) is 5.95. The van der Waals surface area contributed by atoms with Crippen LogP contribution in [0.25, 0.3) is 0 Å². The number of hydrogen-bond acceptors (Lipinski definition) is 2. The van der Waals surface area contributed by atoms with Gasteiger partial charge in [0, 0.05) is 6.04 Å². The molecule has 0 aliphatic carbocycles. The van der Waals surface area contributed by atoms with E-state index in [1.165, 1.54) is 37.3 Å². The summed E-state index contributed by atoms with van der Waals surface area (Å²) in [4.78, 5) is 0. The second-order valence-corrected chi connectivity index (χ2v) is 5.96. The van der Waals surface area contributed by atoms with Crippen molar-refractivity contribution < 1.29 is 0 Å². The van der Waals surface area contributed by atoms with Crippen molar-refractivity contribution >= 4 is 11.8 Å². The minimum Gasteiger partial charge on any atom is -0.314 e. The standard InChI is InChI=1S/C12H25NS/c1-4-6-13-12(8-10(2)3)11-5-7-14-9-11/h10-13H,4-9H2,1-3H3. The molecule has 0 aromatic rings. The average molecular weight is 215 g/mol. The van der Waals surface area contributed by atoms with Gasteiger partial charge in [-0.3, -0.25) is 0 Å². The average Bonchev–Trinajstić information content (AvgIpc) is 2.64. The fraction of sp³-hybridized carbons (Fsp3) is 1.00. The summed E-state index contributed by atoms with van der Waals surface area (Å²) in [7, 11) is 0. The number of thioether (sulfide) groups is 1. The minimum absolute atomic E-state index is 0.782. The Morgan fingerprint density at radius 1 is 1.43 bits per heavy atom. The van der Waals surface area contributed by atoms with E-state index in [1.807, 2.05) is 0 Å². The molecule has 0 spiro atoms. The fourth-order valence-electron chi connectivity index (χ4n) is 2.15. The van der Waals surface area contributed by atoms with Crippen LogP contribution in [0.1, 0.15) is 40.0 Å². The molecule has 0 bridgehead atoms. The molecule has 2 unspecified atom stereocenters. The Labute approximate surface area is 93.4 Å². The molecule has 2 atom stereocenters. The van der Waals surface area contributed by atoms with Crippen molar-refractivity contribution in [3.05, 3.63) is 0 Å². The van der Waals surface area contributed by atoms with Crippen LogP contribution in [0.3, 0.4) is 0 Å². The predicted octanol–water partition coefficient (Wildman–Crippen LogP) is 3.15. The Morgan fingerprint density at radius 3 is 2.71 bits per heavy atom. The third kappa shape index (κ3) is 4.22. The van der Waals surface area contributed by atoms with Crippen LogP contribution in [-0.2, 0) is 0 Å². The van der Waals surface area contributed by atoms with Crippen molar-refractivity contribution in [2.75, 3.05) is 18.1 Å². The van der Waals surface area contributed by atoms with E-state index >= 15 is 0 Å². The van der Waals surface area contributed by atoms with E-state index in [4.69, 9.17) is 0 Å². The Morgan fingerprint density at radius 2 is 2.21 bits per heavy atom. The molecule has 1 aliphatic rings. The Balaban J connectivity index is 2.34. The molecule has 84 valence electrons. The van der Waals surface area contributed by atoms with Gasteiger partial charge in [-0.2, -0.15) is 11.8 Å². The van der Waals surface area contributed by atoms with Crippen LogP contribution < -0.4 is 5.32 Å². The highest BCUT2D eigenvalue weighted by Gasteiger charge is 2.25. The maximum Gasteiger partial charge on any atom is 0.0106 e. The smallest absolute Gasteiger partial charge is 0.0106 e. The summed E-state index contributed by atoms with van der Waals surface area (Å²) in [6, 6.07) is 0.782. The van der Waals surface area contributed by atoms with E-state index in [-0.39, 0.29) is 0 Å². The van der Waals surface area contributed by atoms with Crippen molar-refractivity contribution in [2.45, 2.75) is 46.1 Å². The molecule has 0 aromatic carbocycles. The van der Waals surface area contributed by atoms with Gasteiger partial charge < -0.3 is 5.32 Å². The summed E-state index contributed by atoms with van der Waals surface area (Å²) in [5.74, 6) is 4.53. The maximum absolute atomic E-state index is 3.73. The number of hydrogen-bond donors (Lipinski definition) is 1. The molecule has 1 saturated heterocycles.